The average molecular weight is 235 g/mol. The number of non-ortho nitro benzene ring substituents is 1. The lowest BCUT2D eigenvalue weighted by Gasteiger charge is -2.25. The molecule has 5 heteroatoms. The SMILES string of the molecule is Cc1cc([N+](=O)[O-])ccc1NC1CCCNC1. The summed E-state index contributed by atoms with van der Waals surface area (Å²) in [5.74, 6) is 0. The van der Waals surface area contributed by atoms with Crippen LogP contribution in [0.2, 0.25) is 0 Å². The van der Waals surface area contributed by atoms with Crippen molar-refractivity contribution in [2.24, 2.45) is 0 Å². The quantitative estimate of drug-likeness (QED) is 0.621. The van der Waals surface area contributed by atoms with Gasteiger partial charge in [0.25, 0.3) is 5.69 Å². The van der Waals surface area contributed by atoms with Gasteiger partial charge in [-0.3, -0.25) is 10.1 Å². The average Bonchev–Trinajstić information content (AvgIpc) is 2.33. The van der Waals surface area contributed by atoms with Crippen LogP contribution in [0.4, 0.5) is 11.4 Å². The largest absolute Gasteiger partial charge is 0.381 e. The van der Waals surface area contributed by atoms with Gasteiger partial charge in [0, 0.05) is 30.4 Å². The second-order valence-corrected chi connectivity index (χ2v) is 4.44. The van der Waals surface area contributed by atoms with Crippen LogP contribution >= 0.6 is 0 Å². The maximum absolute atomic E-state index is 10.6. The van der Waals surface area contributed by atoms with Crippen LogP contribution in [0.1, 0.15) is 18.4 Å². The van der Waals surface area contributed by atoms with Crippen LogP contribution in [-0.4, -0.2) is 24.1 Å². The second kappa shape index (κ2) is 5.14. The number of hydrogen-bond donors (Lipinski definition) is 2. The van der Waals surface area contributed by atoms with E-state index in [2.05, 4.69) is 10.6 Å². The Kier molecular flexibility index (Phi) is 3.58. The Morgan fingerprint density at radius 2 is 2.35 bits per heavy atom. The molecule has 0 amide bonds. The lowest BCUT2D eigenvalue weighted by Crippen LogP contribution is -2.38. The molecule has 2 rings (SSSR count). The van der Waals surface area contributed by atoms with Gasteiger partial charge in [-0.1, -0.05) is 0 Å². The molecule has 0 spiro atoms. The zero-order valence-electron chi connectivity index (χ0n) is 9.90. The Hall–Kier alpha value is -1.62. The third-order valence-corrected chi connectivity index (χ3v) is 3.08. The van der Waals surface area contributed by atoms with Gasteiger partial charge in [-0.05, 0) is 37.9 Å². The first-order valence-corrected chi connectivity index (χ1v) is 5.89. The zero-order chi connectivity index (χ0) is 12.3. The topological polar surface area (TPSA) is 67.2 Å². The Labute approximate surface area is 100 Å². The minimum absolute atomic E-state index is 0.148. The monoisotopic (exact) mass is 235 g/mol. The molecule has 1 heterocycles. The van der Waals surface area contributed by atoms with Crippen molar-refractivity contribution in [1.82, 2.24) is 5.32 Å². The fraction of sp³-hybridized carbons (Fsp3) is 0.500. The van der Waals surface area contributed by atoms with Gasteiger partial charge in [0.15, 0.2) is 0 Å². The summed E-state index contributed by atoms with van der Waals surface area (Å²) in [5, 5.41) is 17.4. The number of rotatable bonds is 3. The molecule has 17 heavy (non-hydrogen) atoms. The minimum Gasteiger partial charge on any atom is -0.381 e. The van der Waals surface area contributed by atoms with Gasteiger partial charge < -0.3 is 10.6 Å². The van der Waals surface area contributed by atoms with E-state index in [1.807, 2.05) is 6.92 Å². The normalized spacial score (nSPS) is 19.9. The van der Waals surface area contributed by atoms with Crippen molar-refractivity contribution in [2.45, 2.75) is 25.8 Å². The molecule has 5 nitrogen and oxygen atoms in total. The minimum atomic E-state index is -0.362. The van der Waals surface area contributed by atoms with Crippen LogP contribution < -0.4 is 10.6 Å². The maximum atomic E-state index is 10.6. The van der Waals surface area contributed by atoms with E-state index in [-0.39, 0.29) is 10.6 Å². The van der Waals surface area contributed by atoms with Gasteiger partial charge in [0.2, 0.25) is 0 Å². The molecule has 2 N–H and O–H groups in total. The Balaban J connectivity index is 2.08. The number of piperidine rings is 1. The zero-order valence-corrected chi connectivity index (χ0v) is 9.90. The molecule has 0 saturated carbocycles. The summed E-state index contributed by atoms with van der Waals surface area (Å²) in [4.78, 5) is 10.3. The predicted octanol–water partition coefficient (Wildman–Crippen LogP) is 2.07. The first-order valence-electron chi connectivity index (χ1n) is 5.89. The van der Waals surface area contributed by atoms with Crippen LogP contribution in [-0.2, 0) is 0 Å². The molecule has 0 aromatic heterocycles. The van der Waals surface area contributed by atoms with Gasteiger partial charge in [-0.2, -0.15) is 0 Å². The van der Waals surface area contributed by atoms with Gasteiger partial charge in [0.05, 0.1) is 4.92 Å². The molecule has 0 bridgehead atoms. The van der Waals surface area contributed by atoms with Crippen molar-refractivity contribution in [2.75, 3.05) is 18.4 Å². The maximum Gasteiger partial charge on any atom is 0.269 e. The molecule has 92 valence electrons. The van der Waals surface area contributed by atoms with Crippen LogP contribution in [0, 0.1) is 17.0 Å². The summed E-state index contributed by atoms with van der Waals surface area (Å²) in [6, 6.07) is 5.37. The summed E-state index contributed by atoms with van der Waals surface area (Å²) in [5.41, 5.74) is 2.06. The van der Waals surface area contributed by atoms with Crippen molar-refractivity contribution in [3.8, 4) is 0 Å². The Bertz CT molecular complexity index is 414. The molecule has 1 aliphatic heterocycles. The molecule has 1 saturated heterocycles. The number of anilines is 1. The summed E-state index contributed by atoms with van der Waals surface area (Å²) >= 11 is 0. The third kappa shape index (κ3) is 2.94. The predicted molar refractivity (Wildman–Crippen MR) is 67.3 cm³/mol. The highest BCUT2D eigenvalue weighted by molar-refractivity contribution is 5.56. The summed E-state index contributed by atoms with van der Waals surface area (Å²) < 4.78 is 0. The first-order chi connectivity index (χ1) is 8.16. The van der Waals surface area contributed by atoms with Crippen molar-refractivity contribution in [3.63, 3.8) is 0 Å². The lowest BCUT2D eigenvalue weighted by atomic mass is 10.1. The molecule has 0 radical (unpaired) electrons. The van der Waals surface area contributed by atoms with Crippen LogP contribution in [0.25, 0.3) is 0 Å². The van der Waals surface area contributed by atoms with E-state index in [1.54, 1.807) is 18.2 Å². The van der Waals surface area contributed by atoms with Crippen LogP contribution in [0.15, 0.2) is 18.2 Å². The number of nitrogens with one attached hydrogen (secondary N) is 2. The molecule has 1 unspecified atom stereocenters. The van der Waals surface area contributed by atoms with E-state index in [4.69, 9.17) is 0 Å². The van der Waals surface area contributed by atoms with Crippen molar-refractivity contribution in [3.05, 3.63) is 33.9 Å². The van der Waals surface area contributed by atoms with Crippen LogP contribution in [0.5, 0.6) is 0 Å². The molecule has 1 aromatic rings. The summed E-state index contributed by atoms with van der Waals surface area (Å²) in [6.45, 7) is 3.93. The number of benzene rings is 1. The van der Waals surface area contributed by atoms with Gasteiger partial charge in [-0.15, -0.1) is 0 Å². The van der Waals surface area contributed by atoms with Crippen molar-refractivity contribution >= 4 is 11.4 Å². The Morgan fingerprint density at radius 3 is 2.94 bits per heavy atom. The Morgan fingerprint density at radius 1 is 1.53 bits per heavy atom. The van der Waals surface area contributed by atoms with E-state index < -0.39 is 0 Å². The second-order valence-electron chi connectivity index (χ2n) is 4.44. The summed E-state index contributed by atoms with van der Waals surface area (Å²) in [6.07, 6.45) is 2.31. The molecule has 1 fully saturated rings. The standard InChI is InChI=1S/C12H17N3O2/c1-9-7-11(15(16)17)4-5-12(9)14-10-3-2-6-13-8-10/h4-5,7,10,13-14H,2-3,6,8H2,1H3. The fourth-order valence-electron chi connectivity index (χ4n) is 2.12. The van der Waals surface area contributed by atoms with Crippen molar-refractivity contribution in [1.29, 1.82) is 0 Å². The molecule has 0 aliphatic carbocycles. The van der Waals surface area contributed by atoms with E-state index in [0.717, 1.165) is 30.8 Å². The van der Waals surface area contributed by atoms with Gasteiger partial charge in [0.1, 0.15) is 0 Å². The molecular formula is C12H17N3O2. The van der Waals surface area contributed by atoms with Gasteiger partial charge >= 0.3 is 0 Å². The number of nitro benzene ring substituents is 1. The third-order valence-electron chi connectivity index (χ3n) is 3.08. The summed E-state index contributed by atoms with van der Waals surface area (Å²) in [7, 11) is 0. The fourth-order valence-corrected chi connectivity index (χ4v) is 2.12. The van der Waals surface area contributed by atoms with E-state index in [1.165, 1.54) is 6.42 Å². The van der Waals surface area contributed by atoms with E-state index in [9.17, 15) is 10.1 Å². The molecular weight excluding hydrogens is 218 g/mol. The molecule has 1 aliphatic rings. The number of aryl methyl sites for hydroxylation is 1. The molecule has 1 atom stereocenters. The smallest absolute Gasteiger partial charge is 0.269 e. The van der Waals surface area contributed by atoms with E-state index >= 15 is 0 Å². The lowest BCUT2D eigenvalue weighted by molar-refractivity contribution is -0.384. The number of nitrogens with zero attached hydrogens (tertiary/aromatic N) is 1. The van der Waals surface area contributed by atoms with Crippen molar-refractivity contribution < 1.29 is 4.92 Å². The highest BCUT2D eigenvalue weighted by Crippen LogP contribution is 2.22. The van der Waals surface area contributed by atoms with Crippen LogP contribution in [0.3, 0.4) is 0 Å². The van der Waals surface area contributed by atoms with Gasteiger partial charge in [-0.25, -0.2) is 0 Å². The van der Waals surface area contributed by atoms with E-state index in [0.29, 0.717) is 6.04 Å². The highest BCUT2D eigenvalue weighted by Gasteiger charge is 2.14. The molecule has 1 aromatic carbocycles. The highest BCUT2D eigenvalue weighted by atomic mass is 16.6. The number of hydrogen-bond acceptors (Lipinski definition) is 4. The number of nitro groups is 1. The first kappa shape index (κ1) is 11.9.